The number of alkyl halides is 3. The molecule has 114 valence electrons. The van der Waals surface area contributed by atoms with Gasteiger partial charge in [-0.25, -0.2) is 9.37 Å². The molecule has 0 saturated heterocycles. The quantitative estimate of drug-likeness (QED) is 0.713. The Hall–Kier alpha value is -1.59. The second-order valence-electron chi connectivity index (χ2n) is 6.00. The first-order chi connectivity index (χ1) is 9.79. The summed E-state index contributed by atoms with van der Waals surface area (Å²) in [6.07, 6.45) is -2.27. The highest BCUT2D eigenvalue weighted by molar-refractivity contribution is 5.79. The minimum Gasteiger partial charge on any atom is -0.327 e. The van der Waals surface area contributed by atoms with Gasteiger partial charge in [0.15, 0.2) is 5.82 Å². The number of aromatic nitrogens is 2. The molecule has 3 rings (SSSR count). The van der Waals surface area contributed by atoms with E-state index in [1.807, 2.05) is 0 Å². The van der Waals surface area contributed by atoms with Crippen LogP contribution in [0.2, 0.25) is 0 Å². The third-order valence-corrected chi connectivity index (χ3v) is 4.39. The molecule has 2 nitrogen and oxygen atoms in total. The van der Waals surface area contributed by atoms with Gasteiger partial charge in [-0.05, 0) is 30.7 Å². The summed E-state index contributed by atoms with van der Waals surface area (Å²) in [7, 11) is 0. The number of nitrogens with zero attached hydrogens (tertiary/aromatic N) is 2. The van der Waals surface area contributed by atoms with Crippen molar-refractivity contribution < 1.29 is 17.6 Å². The maximum Gasteiger partial charge on any atom is 0.417 e. The largest absolute Gasteiger partial charge is 0.417 e. The van der Waals surface area contributed by atoms with E-state index in [0.29, 0.717) is 36.1 Å². The Bertz CT molecular complexity index is 685. The molecular formula is C15H16F4N2. The normalized spacial score (nSPS) is 19.3. The molecular weight excluding hydrogens is 284 g/mol. The van der Waals surface area contributed by atoms with Crippen molar-refractivity contribution in [3.8, 4) is 0 Å². The summed E-state index contributed by atoms with van der Waals surface area (Å²) in [4.78, 5) is 3.85. The molecule has 1 atom stereocenters. The van der Waals surface area contributed by atoms with E-state index in [1.54, 1.807) is 4.57 Å². The number of pyridine rings is 1. The van der Waals surface area contributed by atoms with E-state index in [4.69, 9.17) is 0 Å². The molecule has 0 aromatic carbocycles. The summed E-state index contributed by atoms with van der Waals surface area (Å²) >= 11 is 0. The summed E-state index contributed by atoms with van der Waals surface area (Å²) in [5.74, 6) is 0.238. The Morgan fingerprint density at radius 3 is 2.67 bits per heavy atom. The fraction of sp³-hybridized carbons (Fsp3) is 0.533. The monoisotopic (exact) mass is 300 g/mol. The van der Waals surface area contributed by atoms with Gasteiger partial charge >= 0.3 is 6.18 Å². The number of hydrogen-bond acceptors (Lipinski definition) is 1. The highest BCUT2D eigenvalue weighted by Gasteiger charge is 2.33. The van der Waals surface area contributed by atoms with Gasteiger partial charge in [-0.15, -0.1) is 0 Å². The first-order valence-electron chi connectivity index (χ1n) is 7.03. The van der Waals surface area contributed by atoms with Crippen LogP contribution in [0, 0.1) is 17.7 Å². The SMILES string of the molecule is CC(C)C1CCn2c(c(F)c3cc(C(F)(F)F)cnc32)C1. The van der Waals surface area contributed by atoms with Crippen LogP contribution in [0.5, 0.6) is 0 Å². The Kier molecular flexibility index (Phi) is 3.22. The van der Waals surface area contributed by atoms with E-state index in [1.165, 1.54) is 0 Å². The van der Waals surface area contributed by atoms with Crippen molar-refractivity contribution in [1.29, 1.82) is 0 Å². The van der Waals surface area contributed by atoms with Crippen LogP contribution in [0.25, 0.3) is 11.0 Å². The standard InChI is InChI=1S/C15H16F4N2/c1-8(2)9-3-4-21-12(5-9)13(16)11-6-10(15(17,18)19)7-20-14(11)21/h6-9H,3-5H2,1-2H3. The Labute approximate surface area is 119 Å². The van der Waals surface area contributed by atoms with Crippen LogP contribution < -0.4 is 0 Å². The number of rotatable bonds is 1. The van der Waals surface area contributed by atoms with E-state index in [0.717, 1.165) is 18.7 Å². The lowest BCUT2D eigenvalue weighted by Gasteiger charge is -2.27. The van der Waals surface area contributed by atoms with Crippen LogP contribution in [-0.4, -0.2) is 9.55 Å². The summed E-state index contributed by atoms with van der Waals surface area (Å²) in [5, 5.41) is -0.0239. The van der Waals surface area contributed by atoms with Gasteiger partial charge in [0.1, 0.15) is 5.65 Å². The maximum atomic E-state index is 14.5. The first-order valence-corrected chi connectivity index (χ1v) is 7.03. The van der Waals surface area contributed by atoms with Gasteiger partial charge in [-0.2, -0.15) is 13.2 Å². The smallest absolute Gasteiger partial charge is 0.327 e. The van der Waals surface area contributed by atoms with Crippen LogP contribution in [0.1, 0.15) is 31.5 Å². The predicted octanol–water partition coefficient (Wildman–Crippen LogP) is 4.41. The van der Waals surface area contributed by atoms with E-state index in [2.05, 4.69) is 18.8 Å². The van der Waals surface area contributed by atoms with Crippen molar-refractivity contribution in [2.75, 3.05) is 0 Å². The van der Waals surface area contributed by atoms with Crippen molar-refractivity contribution in [1.82, 2.24) is 9.55 Å². The van der Waals surface area contributed by atoms with Crippen LogP contribution in [0.3, 0.4) is 0 Å². The minimum absolute atomic E-state index is 0.0239. The lowest BCUT2D eigenvalue weighted by molar-refractivity contribution is -0.137. The maximum absolute atomic E-state index is 14.5. The molecule has 0 radical (unpaired) electrons. The first kappa shape index (κ1) is 14.4. The zero-order valence-corrected chi connectivity index (χ0v) is 11.8. The van der Waals surface area contributed by atoms with Gasteiger partial charge in [0.2, 0.25) is 0 Å². The summed E-state index contributed by atoms with van der Waals surface area (Å²) < 4.78 is 54.4. The summed E-state index contributed by atoms with van der Waals surface area (Å²) in [6, 6.07) is 0.868. The zero-order chi connectivity index (χ0) is 15.4. The second kappa shape index (κ2) is 4.71. The van der Waals surface area contributed by atoms with E-state index >= 15 is 0 Å². The topological polar surface area (TPSA) is 17.8 Å². The number of halogens is 4. The van der Waals surface area contributed by atoms with Gasteiger partial charge in [-0.1, -0.05) is 13.8 Å². The zero-order valence-electron chi connectivity index (χ0n) is 11.8. The second-order valence-corrected chi connectivity index (χ2v) is 6.00. The lowest BCUT2D eigenvalue weighted by atomic mass is 9.86. The molecule has 1 unspecified atom stereocenters. The molecule has 2 aromatic rings. The highest BCUT2D eigenvalue weighted by Crippen LogP contribution is 2.36. The molecule has 0 bridgehead atoms. The Morgan fingerprint density at radius 2 is 2.05 bits per heavy atom. The molecule has 3 heterocycles. The van der Waals surface area contributed by atoms with E-state index in [9.17, 15) is 17.6 Å². The Balaban J connectivity index is 2.13. The molecule has 2 aromatic heterocycles. The average Bonchev–Trinajstić information content (AvgIpc) is 2.70. The third-order valence-electron chi connectivity index (χ3n) is 4.39. The lowest BCUT2D eigenvalue weighted by Crippen LogP contribution is -2.23. The molecule has 6 heteroatoms. The molecule has 1 aliphatic heterocycles. The van der Waals surface area contributed by atoms with Gasteiger partial charge < -0.3 is 4.57 Å². The molecule has 0 spiro atoms. The van der Waals surface area contributed by atoms with Gasteiger partial charge in [0.25, 0.3) is 0 Å². The highest BCUT2D eigenvalue weighted by atomic mass is 19.4. The molecule has 21 heavy (non-hydrogen) atoms. The predicted molar refractivity (Wildman–Crippen MR) is 71.3 cm³/mol. The van der Waals surface area contributed by atoms with Crippen molar-refractivity contribution in [3.63, 3.8) is 0 Å². The van der Waals surface area contributed by atoms with Crippen molar-refractivity contribution >= 4 is 11.0 Å². The Morgan fingerprint density at radius 1 is 1.33 bits per heavy atom. The third kappa shape index (κ3) is 2.30. The van der Waals surface area contributed by atoms with Gasteiger partial charge in [0, 0.05) is 12.7 Å². The van der Waals surface area contributed by atoms with Crippen LogP contribution in [0.15, 0.2) is 12.3 Å². The van der Waals surface area contributed by atoms with E-state index in [-0.39, 0.29) is 5.39 Å². The van der Waals surface area contributed by atoms with Crippen LogP contribution in [0.4, 0.5) is 17.6 Å². The van der Waals surface area contributed by atoms with Crippen LogP contribution in [-0.2, 0) is 19.1 Å². The summed E-state index contributed by atoms with van der Waals surface area (Å²) in [6.45, 7) is 4.78. The fourth-order valence-corrected chi connectivity index (χ4v) is 3.05. The van der Waals surface area contributed by atoms with Gasteiger partial charge in [-0.3, -0.25) is 0 Å². The van der Waals surface area contributed by atoms with Crippen molar-refractivity contribution in [2.24, 2.45) is 11.8 Å². The summed E-state index contributed by atoms with van der Waals surface area (Å²) in [5.41, 5.74) is -0.100. The van der Waals surface area contributed by atoms with Crippen molar-refractivity contribution in [3.05, 3.63) is 29.3 Å². The average molecular weight is 300 g/mol. The fourth-order valence-electron chi connectivity index (χ4n) is 3.05. The number of aryl methyl sites for hydroxylation is 1. The number of fused-ring (bicyclic) bond motifs is 3. The number of hydrogen-bond donors (Lipinski definition) is 0. The molecule has 0 amide bonds. The van der Waals surface area contributed by atoms with Crippen molar-refractivity contribution in [2.45, 2.75) is 39.4 Å². The molecule has 1 aliphatic rings. The molecule has 0 saturated carbocycles. The molecule has 0 N–H and O–H groups in total. The van der Waals surface area contributed by atoms with E-state index < -0.39 is 17.6 Å². The van der Waals surface area contributed by atoms with Gasteiger partial charge in [0.05, 0.1) is 16.6 Å². The minimum atomic E-state index is -4.50. The van der Waals surface area contributed by atoms with Crippen LogP contribution >= 0.6 is 0 Å². The molecule has 0 fully saturated rings. The molecule has 0 aliphatic carbocycles.